The summed E-state index contributed by atoms with van der Waals surface area (Å²) in [6.07, 6.45) is 0.116. The Kier molecular flexibility index (Phi) is 7.70. The van der Waals surface area contributed by atoms with Gasteiger partial charge in [0.05, 0.1) is 6.42 Å². The highest BCUT2D eigenvalue weighted by Gasteiger charge is 2.67. The van der Waals surface area contributed by atoms with E-state index in [-0.39, 0.29) is 12.3 Å². The van der Waals surface area contributed by atoms with Gasteiger partial charge in [0.15, 0.2) is 6.04 Å². The molecule has 30 heavy (non-hydrogen) atoms. The van der Waals surface area contributed by atoms with Gasteiger partial charge in [-0.3, -0.25) is 9.59 Å². The van der Waals surface area contributed by atoms with Crippen LogP contribution in [0.15, 0.2) is 28.5 Å². The molecule has 0 aromatic carbocycles. The molecule has 2 aliphatic rings. The number of thioether (sulfide) groups is 1. The molecule has 164 valence electrons. The zero-order valence-electron chi connectivity index (χ0n) is 15.4. The van der Waals surface area contributed by atoms with Crippen LogP contribution in [0.25, 0.3) is 0 Å². The van der Waals surface area contributed by atoms with Gasteiger partial charge < -0.3 is 19.7 Å². The Hall–Kier alpha value is -0.490. The lowest BCUT2D eigenvalue weighted by atomic mass is 9.95. The molecule has 3 heterocycles. The van der Waals surface area contributed by atoms with Gasteiger partial charge in [-0.05, 0) is 22.4 Å². The number of ether oxygens (including phenoxy) is 2. The SMILES string of the molecule is COC1(NC(=O)Cc2cccs2)C(=O)N2C(C(=O)OCC(Cl)(Cl)Cl)C(CBr)=CS[C@@H]21. The molecule has 7 nitrogen and oxygen atoms in total. The van der Waals surface area contributed by atoms with Crippen LogP contribution in [0.2, 0.25) is 0 Å². The minimum Gasteiger partial charge on any atom is -0.459 e. The Morgan fingerprint density at radius 2 is 2.13 bits per heavy atom. The predicted octanol–water partition coefficient (Wildman–Crippen LogP) is 3.23. The lowest BCUT2D eigenvalue weighted by Gasteiger charge is -2.57. The maximum atomic E-state index is 13.1. The van der Waals surface area contributed by atoms with Crippen LogP contribution in [-0.2, 0) is 30.3 Å². The van der Waals surface area contributed by atoms with Gasteiger partial charge in [-0.1, -0.05) is 56.8 Å². The molecular weight excluding hydrogens is 563 g/mol. The monoisotopic (exact) mass is 576 g/mol. The minimum atomic E-state index is -1.78. The van der Waals surface area contributed by atoms with Crippen molar-refractivity contribution in [3.63, 3.8) is 0 Å². The molecule has 0 bridgehead atoms. The Bertz CT molecular complexity index is 864. The third-order valence-corrected chi connectivity index (χ3v) is 7.55. The summed E-state index contributed by atoms with van der Waals surface area (Å²) in [5, 5.41) is 5.97. The molecule has 0 spiro atoms. The summed E-state index contributed by atoms with van der Waals surface area (Å²) in [7, 11) is 1.33. The van der Waals surface area contributed by atoms with E-state index in [1.807, 2.05) is 17.5 Å². The molecule has 13 heteroatoms. The van der Waals surface area contributed by atoms with E-state index in [0.717, 1.165) is 4.88 Å². The molecule has 2 unspecified atom stereocenters. The van der Waals surface area contributed by atoms with E-state index < -0.39 is 39.4 Å². The number of carbonyl (C=O) groups excluding carboxylic acids is 3. The van der Waals surface area contributed by atoms with Crippen molar-refractivity contribution in [1.29, 1.82) is 0 Å². The first-order valence-corrected chi connectivity index (χ1v) is 12.6. The van der Waals surface area contributed by atoms with Crippen molar-refractivity contribution in [3.05, 3.63) is 33.4 Å². The summed E-state index contributed by atoms with van der Waals surface area (Å²) >= 11 is 23.0. The lowest BCUT2D eigenvalue weighted by Crippen LogP contribution is -2.83. The Morgan fingerprint density at radius 3 is 2.70 bits per heavy atom. The molecule has 0 aliphatic carbocycles. The first-order valence-electron chi connectivity index (χ1n) is 8.48. The average molecular weight is 579 g/mol. The number of nitrogens with one attached hydrogen (secondary N) is 1. The van der Waals surface area contributed by atoms with Gasteiger partial charge >= 0.3 is 5.97 Å². The highest BCUT2D eigenvalue weighted by molar-refractivity contribution is 9.09. The number of methoxy groups -OCH3 is 1. The second-order valence-corrected chi connectivity index (χ2v) is 11.5. The Morgan fingerprint density at radius 1 is 1.40 bits per heavy atom. The number of nitrogens with zero attached hydrogens (tertiary/aromatic N) is 1. The van der Waals surface area contributed by atoms with Crippen LogP contribution in [0.1, 0.15) is 4.88 Å². The lowest BCUT2D eigenvalue weighted by molar-refractivity contribution is -0.202. The van der Waals surface area contributed by atoms with Gasteiger partial charge in [-0.15, -0.1) is 23.1 Å². The molecule has 1 aromatic heterocycles. The van der Waals surface area contributed by atoms with Gasteiger partial charge in [-0.25, -0.2) is 4.79 Å². The fourth-order valence-corrected chi connectivity index (χ4v) is 5.98. The fraction of sp³-hybridized carbons (Fsp3) is 0.471. The van der Waals surface area contributed by atoms with Crippen LogP contribution in [0.3, 0.4) is 0 Å². The van der Waals surface area contributed by atoms with E-state index in [9.17, 15) is 14.4 Å². The summed E-state index contributed by atoms with van der Waals surface area (Å²) in [6, 6.07) is 2.65. The summed E-state index contributed by atoms with van der Waals surface area (Å²) in [6.45, 7) is -0.463. The minimum absolute atomic E-state index is 0.116. The van der Waals surface area contributed by atoms with Crippen LogP contribution in [0, 0.1) is 0 Å². The maximum absolute atomic E-state index is 13.1. The van der Waals surface area contributed by atoms with Crippen LogP contribution in [-0.4, -0.2) is 62.7 Å². The molecule has 3 rings (SSSR count). The van der Waals surface area contributed by atoms with Gasteiger partial charge in [0.2, 0.25) is 9.70 Å². The average Bonchev–Trinajstić information content (AvgIpc) is 3.21. The molecule has 3 atom stereocenters. The molecule has 1 N–H and O–H groups in total. The number of β-lactam (4-membered cyclic amide) rings is 1. The van der Waals surface area contributed by atoms with Crippen molar-refractivity contribution in [2.75, 3.05) is 19.0 Å². The third kappa shape index (κ3) is 4.79. The molecular formula is C17H16BrCl3N2O5S2. The van der Waals surface area contributed by atoms with Crippen molar-refractivity contribution in [3.8, 4) is 0 Å². The largest absolute Gasteiger partial charge is 0.459 e. The van der Waals surface area contributed by atoms with E-state index in [1.54, 1.807) is 5.41 Å². The van der Waals surface area contributed by atoms with Crippen LogP contribution < -0.4 is 5.32 Å². The number of hydrogen-bond acceptors (Lipinski definition) is 7. The highest BCUT2D eigenvalue weighted by atomic mass is 79.9. The summed E-state index contributed by atoms with van der Waals surface area (Å²) in [4.78, 5) is 40.5. The molecule has 0 saturated carbocycles. The van der Waals surface area contributed by atoms with Crippen molar-refractivity contribution in [2.24, 2.45) is 0 Å². The number of alkyl halides is 4. The third-order valence-electron chi connectivity index (χ3n) is 4.45. The quantitative estimate of drug-likeness (QED) is 0.232. The van der Waals surface area contributed by atoms with E-state index in [1.165, 1.54) is 35.1 Å². The summed E-state index contributed by atoms with van der Waals surface area (Å²) in [5.74, 6) is -1.65. The molecule has 2 aliphatic heterocycles. The summed E-state index contributed by atoms with van der Waals surface area (Å²) in [5.41, 5.74) is -0.977. The first kappa shape index (κ1) is 24.2. The molecule has 1 aromatic rings. The molecule has 2 amide bonds. The smallest absolute Gasteiger partial charge is 0.333 e. The molecule has 0 radical (unpaired) electrons. The Labute approximate surface area is 204 Å². The number of halogens is 4. The normalized spacial score (nSPS) is 25.8. The van der Waals surface area contributed by atoms with Gasteiger partial charge in [0.1, 0.15) is 12.0 Å². The van der Waals surface area contributed by atoms with Gasteiger partial charge in [0.25, 0.3) is 11.6 Å². The molecule has 1 saturated heterocycles. The zero-order valence-corrected chi connectivity index (χ0v) is 20.9. The number of amides is 2. The van der Waals surface area contributed by atoms with E-state index in [4.69, 9.17) is 44.3 Å². The first-order chi connectivity index (χ1) is 14.1. The number of rotatable bonds is 7. The maximum Gasteiger partial charge on any atom is 0.333 e. The summed E-state index contributed by atoms with van der Waals surface area (Å²) < 4.78 is 8.79. The van der Waals surface area contributed by atoms with Crippen LogP contribution in [0.5, 0.6) is 0 Å². The predicted molar refractivity (Wildman–Crippen MR) is 121 cm³/mol. The van der Waals surface area contributed by atoms with Crippen molar-refractivity contribution >= 4 is 91.6 Å². The Balaban J connectivity index is 1.78. The number of fused-ring (bicyclic) bond motifs is 1. The van der Waals surface area contributed by atoms with E-state index in [2.05, 4.69) is 21.2 Å². The van der Waals surface area contributed by atoms with E-state index >= 15 is 0 Å². The fourth-order valence-electron chi connectivity index (χ4n) is 3.12. The highest BCUT2D eigenvalue weighted by Crippen LogP contribution is 2.47. The zero-order chi connectivity index (χ0) is 22.1. The van der Waals surface area contributed by atoms with E-state index in [0.29, 0.717) is 10.9 Å². The topological polar surface area (TPSA) is 84.9 Å². The number of thiophene rings is 1. The number of carbonyl (C=O) groups is 3. The number of esters is 1. The van der Waals surface area contributed by atoms with Crippen LogP contribution >= 0.6 is 73.8 Å². The van der Waals surface area contributed by atoms with Crippen molar-refractivity contribution in [1.82, 2.24) is 10.2 Å². The van der Waals surface area contributed by atoms with Crippen molar-refractivity contribution in [2.45, 2.75) is 27.4 Å². The van der Waals surface area contributed by atoms with Crippen LogP contribution in [0.4, 0.5) is 0 Å². The van der Waals surface area contributed by atoms with Gasteiger partial charge in [0, 0.05) is 17.3 Å². The number of hydrogen-bond donors (Lipinski definition) is 1. The standard InChI is InChI=1S/C17H16BrCl3N2O5S2/c1-27-17(22-11(24)5-10-3-2-4-29-10)14(26)23-12(9(6-18)7-30-15(17)23)13(25)28-8-16(19,20)21/h2-4,7,12,15H,5-6,8H2,1H3,(H,22,24)/t12?,15-,17?/m1/s1. The second-order valence-electron chi connectivity index (χ2n) is 6.40. The second kappa shape index (κ2) is 9.56. The van der Waals surface area contributed by atoms with Crippen molar-refractivity contribution < 1.29 is 23.9 Å². The molecule has 1 fully saturated rings. The van der Waals surface area contributed by atoms with Gasteiger partial charge in [-0.2, -0.15) is 0 Å².